The van der Waals surface area contributed by atoms with Crippen LogP contribution >= 0.6 is 11.3 Å². The van der Waals surface area contributed by atoms with E-state index in [1.54, 1.807) is 7.11 Å². The largest absolute Gasteiger partial charge is 0.497 e. The van der Waals surface area contributed by atoms with Gasteiger partial charge in [-0.1, -0.05) is 19.1 Å². The summed E-state index contributed by atoms with van der Waals surface area (Å²) in [5, 5.41) is 1.03. The lowest BCUT2D eigenvalue weighted by Gasteiger charge is -2.41. The van der Waals surface area contributed by atoms with E-state index in [4.69, 9.17) is 4.74 Å². The van der Waals surface area contributed by atoms with E-state index in [2.05, 4.69) is 18.0 Å². The third-order valence-electron chi connectivity index (χ3n) is 4.10. The van der Waals surface area contributed by atoms with Crippen molar-refractivity contribution in [2.24, 2.45) is 0 Å². The zero-order valence-electron chi connectivity index (χ0n) is 13.1. The van der Waals surface area contributed by atoms with Gasteiger partial charge in [-0.15, -0.1) is 11.3 Å². The molecular formula is C17H20N2O2S. The molecule has 1 amide bonds. The Bertz CT molecular complexity index is 696. The molecule has 1 fully saturated rings. The molecule has 1 aliphatic rings. The predicted octanol–water partition coefficient (Wildman–Crippen LogP) is 3.61. The highest BCUT2D eigenvalue weighted by Gasteiger charge is 2.35. The highest BCUT2D eigenvalue weighted by atomic mass is 32.1. The second-order valence-corrected chi connectivity index (χ2v) is 6.54. The minimum absolute atomic E-state index is 0.105. The van der Waals surface area contributed by atoms with Crippen molar-refractivity contribution in [1.82, 2.24) is 9.88 Å². The van der Waals surface area contributed by atoms with Crippen LogP contribution in [0.3, 0.4) is 0 Å². The van der Waals surface area contributed by atoms with E-state index in [1.165, 1.54) is 11.3 Å². The van der Waals surface area contributed by atoms with Crippen molar-refractivity contribution < 1.29 is 9.53 Å². The smallest absolute Gasteiger partial charge is 0.266 e. The number of carbonyl (C=O) groups is 1. The molecule has 0 N–H and O–H groups in total. The van der Waals surface area contributed by atoms with Gasteiger partial charge >= 0.3 is 0 Å². The van der Waals surface area contributed by atoms with Gasteiger partial charge < -0.3 is 9.64 Å². The Labute approximate surface area is 134 Å². The van der Waals surface area contributed by atoms with Crippen LogP contribution < -0.4 is 4.74 Å². The Morgan fingerprint density at radius 2 is 2.32 bits per heavy atom. The van der Waals surface area contributed by atoms with E-state index in [-0.39, 0.29) is 11.9 Å². The number of methoxy groups -OCH3 is 1. The normalized spacial score (nSPS) is 17.2. The lowest BCUT2D eigenvalue weighted by atomic mass is 9.94. The summed E-state index contributed by atoms with van der Waals surface area (Å²) in [5.74, 6) is 0.938. The average molecular weight is 316 g/mol. The van der Waals surface area contributed by atoms with Crippen LogP contribution in [-0.4, -0.2) is 29.4 Å². The highest BCUT2D eigenvalue weighted by Crippen LogP contribution is 2.37. The van der Waals surface area contributed by atoms with Gasteiger partial charge in [0.1, 0.15) is 10.6 Å². The first-order chi connectivity index (χ1) is 10.6. The molecule has 4 nitrogen and oxygen atoms in total. The van der Waals surface area contributed by atoms with Gasteiger partial charge in [0.15, 0.2) is 0 Å². The van der Waals surface area contributed by atoms with Crippen LogP contribution in [0, 0.1) is 6.92 Å². The number of amides is 1. The SMILES string of the molecule is CCc1nc(C)c(C(=O)N2CC[C@@H]2c2cccc(OC)c2)s1. The van der Waals surface area contributed by atoms with Crippen LogP contribution in [0.2, 0.25) is 0 Å². The molecule has 0 aliphatic carbocycles. The van der Waals surface area contributed by atoms with E-state index in [9.17, 15) is 4.79 Å². The predicted molar refractivity (Wildman–Crippen MR) is 87.6 cm³/mol. The number of aryl methyl sites for hydroxylation is 2. The van der Waals surface area contributed by atoms with Crippen molar-refractivity contribution >= 4 is 17.2 Å². The van der Waals surface area contributed by atoms with Crippen molar-refractivity contribution in [2.75, 3.05) is 13.7 Å². The quantitative estimate of drug-likeness (QED) is 0.865. The molecule has 0 bridgehead atoms. The third kappa shape index (κ3) is 2.61. The van der Waals surface area contributed by atoms with Gasteiger partial charge in [0.05, 0.1) is 23.9 Å². The van der Waals surface area contributed by atoms with Gasteiger partial charge in [-0.2, -0.15) is 0 Å². The fourth-order valence-corrected chi connectivity index (χ4v) is 3.72. The van der Waals surface area contributed by atoms with Gasteiger partial charge in [-0.3, -0.25) is 4.79 Å². The van der Waals surface area contributed by atoms with E-state index >= 15 is 0 Å². The topological polar surface area (TPSA) is 42.4 Å². The first kappa shape index (κ1) is 15.0. The Morgan fingerprint density at radius 1 is 1.50 bits per heavy atom. The summed E-state index contributed by atoms with van der Waals surface area (Å²) < 4.78 is 5.28. The number of hydrogen-bond donors (Lipinski definition) is 0. The summed E-state index contributed by atoms with van der Waals surface area (Å²) in [6.45, 7) is 4.79. The second-order valence-electron chi connectivity index (χ2n) is 5.46. The molecule has 3 rings (SSSR count). The van der Waals surface area contributed by atoms with Crippen molar-refractivity contribution in [3.8, 4) is 5.75 Å². The second kappa shape index (κ2) is 6.08. The monoisotopic (exact) mass is 316 g/mol. The fraction of sp³-hybridized carbons (Fsp3) is 0.412. The molecule has 22 heavy (non-hydrogen) atoms. The van der Waals surface area contributed by atoms with Gasteiger partial charge in [0.25, 0.3) is 5.91 Å². The first-order valence-corrected chi connectivity index (χ1v) is 8.37. The van der Waals surface area contributed by atoms with E-state index < -0.39 is 0 Å². The number of carbonyl (C=O) groups excluding carboxylic acids is 1. The standard InChI is InChI=1S/C17H20N2O2S/c1-4-15-18-11(2)16(22-15)17(20)19-9-8-14(19)12-6-5-7-13(10-12)21-3/h5-7,10,14H,4,8-9H2,1-3H3/t14-/m1/s1. The molecule has 2 aromatic rings. The van der Waals surface area contributed by atoms with Crippen LogP contribution in [0.4, 0.5) is 0 Å². The molecule has 1 aliphatic heterocycles. The zero-order valence-corrected chi connectivity index (χ0v) is 13.9. The molecular weight excluding hydrogens is 296 g/mol. The lowest BCUT2D eigenvalue weighted by Crippen LogP contribution is -2.45. The summed E-state index contributed by atoms with van der Waals surface area (Å²) >= 11 is 1.52. The maximum absolute atomic E-state index is 12.8. The summed E-state index contributed by atoms with van der Waals surface area (Å²) in [7, 11) is 1.66. The van der Waals surface area contributed by atoms with E-state index in [1.807, 2.05) is 30.0 Å². The molecule has 0 radical (unpaired) electrons. The van der Waals surface area contributed by atoms with Crippen LogP contribution in [0.1, 0.15) is 45.3 Å². The van der Waals surface area contributed by atoms with Crippen molar-refractivity contribution in [3.05, 3.63) is 45.4 Å². The Balaban J connectivity index is 1.82. The summed E-state index contributed by atoms with van der Waals surface area (Å²) in [6, 6.07) is 8.12. The van der Waals surface area contributed by atoms with Crippen LogP contribution in [-0.2, 0) is 6.42 Å². The molecule has 0 unspecified atom stereocenters. The minimum Gasteiger partial charge on any atom is -0.497 e. The van der Waals surface area contributed by atoms with Crippen molar-refractivity contribution in [1.29, 1.82) is 0 Å². The number of rotatable bonds is 4. The summed E-state index contributed by atoms with van der Waals surface area (Å²) in [6.07, 6.45) is 1.87. The molecule has 0 spiro atoms. The fourth-order valence-electron chi connectivity index (χ4n) is 2.76. The number of thiazole rings is 1. The van der Waals surface area contributed by atoms with Crippen molar-refractivity contribution in [2.45, 2.75) is 32.7 Å². The Morgan fingerprint density at radius 3 is 2.91 bits per heavy atom. The molecule has 1 saturated heterocycles. The Hall–Kier alpha value is -1.88. The number of benzene rings is 1. The highest BCUT2D eigenvalue weighted by molar-refractivity contribution is 7.13. The first-order valence-electron chi connectivity index (χ1n) is 7.55. The number of ether oxygens (including phenoxy) is 1. The number of likely N-dealkylation sites (tertiary alicyclic amines) is 1. The molecule has 5 heteroatoms. The average Bonchev–Trinajstić information content (AvgIpc) is 2.87. The van der Waals surface area contributed by atoms with Crippen LogP contribution in [0.25, 0.3) is 0 Å². The molecule has 1 aromatic carbocycles. The van der Waals surface area contributed by atoms with Gasteiger partial charge in [-0.25, -0.2) is 4.98 Å². The lowest BCUT2D eigenvalue weighted by molar-refractivity contribution is 0.0464. The Kier molecular flexibility index (Phi) is 4.16. The van der Waals surface area contributed by atoms with Gasteiger partial charge in [0.2, 0.25) is 0 Å². The van der Waals surface area contributed by atoms with Gasteiger partial charge in [0, 0.05) is 6.54 Å². The summed E-state index contributed by atoms with van der Waals surface area (Å²) in [5.41, 5.74) is 1.99. The van der Waals surface area contributed by atoms with E-state index in [0.29, 0.717) is 0 Å². The molecule has 1 atom stereocenters. The third-order valence-corrected chi connectivity index (χ3v) is 5.39. The molecule has 116 valence electrons. The van der Waals surface area contributed by atoms with Crippen LogP contribution in [0.5, 0.6) is 5.75 Å². The van der Waals surface area contributed by atoms with Crippen molar-refractivity contribution in [3.63, 3.8) is 0 Å². The number of hydrogen-bond acceptors (Lipinski definition) is 4. The molecule has 1 aromatic heterocycles. The van der Waals surface area contributed by atoms with Gasteiger partial charge in [-0.05, 0) is 37.5 Å². The number of aromatic nitrogens is 1. The molecule has 2 heterocycles. The maximum atomic E-state index is 12.8. The summed E-state index contributed by atoms with van der Waals surface area (Å²) in [4.78, 5) is 20.0. The molecule has 0 saturated carbocycles. The maximum Gasteiger partial charge on any atom is 0.266 e. The number of nitrogens with zero attached hydrogens (tertiary/aromatic N) is 2. The van der Waals surface area contributed by atoms with Crippen LogP contribution in [0.15, 0.2) is 24.3 Å². The zero-order chi connectivity index (χ0) is 15.7. The minimum atomic E-state index is 0.105. The van der Waals surface area contributed by atoms with E-state index in [0.717, 1.165) is 46.3 Å².